The van der Waals surface area contributed by atoms with Crippen LogP contribution in [0.2, 0.25) is 0 Å². The Morgan fingerprint density at radius 1 is 1.06 bits per heavy atom. The number of aliphatic hydroxyl groups is 1. The quantitative estimate of drug-likeness (QED) is 0.551. The molecule has 1 saturated heterocycles. The number of benzene rings is 2. The molecular weight excluding hydrogens is 436 g/mol. The number of nitrogens with one attached hydrogen (secondary N) is 1. The fraction of sp³-hybridized carbons (Fsp3) is 0.423. The largest absolute Gasteiger partial charge is 0.481 e. The second-order valence-electron chi connectivity index (χ2n) is 9.12. The summed E-state index contributed by atoms with van der Waals surface area (Å²) < 4.78 is 5.54. The van der Waals surface area contributed by atoms with Crippen LogP contribution in [0.4, 0.5) is 4.79 Å². The van der Waals surface area contributed by atoms with Crippen LogP contribution in [0.1, 0.15) is 36.8 Å². The fourth-order valence-corrected chi connectivity index (χ4v) is 4.98. The maximum absolute atomic E-state index is 13.1. The van der Waals surface area contributed by atoms with E-state index in [1.165, 1.54) is 0 Å². The van der Waals surface area contributed by atoms with Crippen LogP contribution in [0.5, 0.6) is 0 Å². The number of likely N-dealkylation sites (tertiary alicyclic amines) is 1. The zero-order valence-corrected chi connectivity index (χ0v) is 19.1. The van der Waals surface area contributed by atoms with E-state index in [4.69, 9.17) is 9.84 Å². The molecule has 2 aliphatic rings. The number of carboxylic acids is 1. The molecule has 180 valence electrons. The highest BCUT2D eigenvalue weighted by molar-refractivity contribution is 5.86. The monoisotopic (exact) mass is 466 g/mol. The number of fused-ring (bicyclic) bond motifs is 3. The highest BCUT2D eigenvalue weighted by Crippen LogP contribution is 2.44. The number of hydrogen-bond acceptors (Lipinski definition) is 5. The Hall–Kier alpha value is -3.39. The van der Waals surface area contributed by atoms with Gasteiger partial charge in [-0.1, -0.05) is 55.5 Å². The van der Waals surface area contributed by atoms with Crippen LogP contribution in [0.25, 0.3) is 11.1 Å². The van der Waals surface area contributed by atoms with E-state index in [0.29, 0.717) is 13.1 Å². The van der Waals surface area contributed by atoms with Crippen molar-refractivity contribution in [1.82, 2.24) is 10.2 Å². The van der Waals surface area contributed by atoms with Crippen molar-refractivity contribution in [1.29, 1.82) is 0 Å². The lowest BCUT2D eigenvalue weighted by Gasteiger charge is -2.24. The predicted octanol–water partition coefficient (Wildman–Crippen LogP) is 2.85. The molecule has 0 radical (unpaired) electrons. The van der Waals surface area contributed by atoms with Crippen molar-refractivity contribution < 1.29 is 29.3 Å². The van der Waals surface area contributed by atoms with E-state index < -0.39 is 18.1 Å². The van der Waals surface area contributed by atoms with E-state index in [1.54, 1.807) is 4.90 Å². The van der Waals surface area contributed by atoms with E-state index >= 15 is 0 Å². The SMILES string of the molecule is C[C@@H]1CN(C(=O)C(CCC(=O)O)NC(=O)OCC2c3ccccc3-c3ccccc32)C[C@H]1CO. The number of carboxylic acid groups (broad SMARTS) is 1. The molecule has 1 aliphatic heterocycles. The van der Waals surface area contributed by atoms with E-state index in [0.717, 1.165) is 22.3 Å². The first-order valence-corrected chi connectivity index (χ1v) is 11.6. The molecule has 0 saturated carbocycles. The van der Waals surface area contributed by atoms with E-state index in [2.05, 4.69) is 5.32 Å². The van der Waals surface area contributed by atoms with Gasteiger partial charge in [-0.05, 0) is 34.6 Å². The summed E-state index contributed by atoms with van der Waals surface area (Å²) in [6.07, 6.45) is -1.04. The van der Waals surface area contributed by atoms with Gasteiger partial charge < -0.3 is 25.2 Å². The number of hydrogen-bond donors (Lipinski definition) is 3. The molecule has 1 aliphatic carbocycles. The third-order valence-electron chi connectivity index (χ3n) is 6.89. The van der Waals surface area contributed by atoms with Crippen molar-refractivity contribution in [3.63, 3.8) is 0 Å². The number of rotatable bonds is 8. The van der Waals surface area contributed by atoms with Crippen LogP contribution in [-0.4, -0.2) is 65.4 Å². The molecule has 1 heterocycles. The van der Waals surface area contributed by atoms with Crippen LogP contribution in [-0.2, 0) is 14.3 Å². The normalized spacial score (nSPS) is 19.9. The molecule has 0 spiro atoms. The second kappa shape index (κ2) is 10.3. The van der Waals surface area contributed by atoms with Gasteiger partial charge in [0.1, 0.15) is 12.6 Å². The van der Waals surface area contributed by atoms with Gasteiger partial charge in [-0.15, -0.1) is 0 Å². The van der Waals surface area contributed by atoms with Crippen molar-refractivity contribution >= 4 is 18.0 Å². The van der Waals surface area contributed by atoms with Gasteiger partial charge in [0.15, 0.2) is 0 Å². The average Bonchev–Trinajstić information content (AvgIpc) is 3.37. The lowest BCUT2D eigenvalue weighted by Crippen LogP contribution is -2.48. The van der Waals surface area contributed by atoms with Crippen molar-refractivity contribution in [2.24, 2.45) is 11.8 Å². The number of amides is 2. The first-order valence-electron chi connectivity index (χ1n) is 11.6. The van der Waals surface area contributed by atoms with Gasteiger partial charge in [0.2, 0.25) is 5.91 Å². The Labute approximate surface area is 198 Å². The molecule has 4 rings (SSSR count). The number of nitrogens with zero attached hydrogens (tertiary/aromatic N) is 1. The molecule has 1 unspecified atom stereocenters. The molecule has 3 N–H and O–H groups in total. The van der Waals surface area contributed by atoms with Gasteiger partial charge in [0.25, 0.3) is 0 Å². The maximum atomic E-state index is 13.1. The second-order valence-corrected chi connectivity index (χ2v) is 9.12. The minimum atomic E-state index is -1.05. The summed E-state index contributed by atoms with van der Waals surface area (Å²) in [5, 5.41) is 21.2. The van der Waals surface area contributed by atoms with Gasteiger partial charge in [-0.3, -0.25) is 9.59 Å². The number of alkyl carbamates (subject to hydrolysis) is 1. The lowest BCUT2D eigenvalue weighted by molar-refractivity contribution is -0.137. The van der Waals surface area contributed by atoms with Crippen molar-refractivity contribution in [3.05, 3.63) is 59.7 Å². The summed E-state index contributed by atoms with van der Waals surface area (Å²) in [5.41, 5.74) is 4.39. The van der Waals surface area contributed by atoms with Crippen LogP contribution in [0.15, 0.2) is 48.5 Å². The molecule has 8 heteroatoms. The average molecular weight is 467 g/mol. The summed E-state index contributed by atoms with van der Waals surface area (Å²) in [6, 6.07) is 15.0. The molecular formula is C26H30N2O6. The lowest BCUT2D eigenvalue weighted by atomic mass is 9.98. The Bertz CT molecular complexity index is 1030. The number of aliphatic carboxylic acids is 1. The molecule has 2 aromatic carbocycles. The van der Waals surface area contributed by atoms with Gasteiger partial charge in [0, 0.05) is 38.0 Å². The highest BCUT2D eigenvalue weighted by atomic mass is 16.5. The minimum absolute atomic E-state index is 0.0233. The third kappa shape index (κ3) is 4.92. The van der Waals surface area contributed by atoms with Crippen molar-refractivity contribution in [3.8, 4) is 11.1 Å². The zero-order valence-electron chi connectivity index (χ0n) is 19.1. The smallest absolute Gasteiger partial charge is 0.407 e. The third-order valence-corrected chi connectivity index (χ3v) is 6.89. The topological polar surface area (TPSA) is 116 Å². The first kappa shape index (κ1) is 23.8. The standard InChI is InChI=1S/C26H30N2O6/c1-16-12-28(13-17(16)14-29)25(32)23(10-11-24(30)31)27-26(33)34-15-22-20-8-4-2-6-18(20)19-7-3-5-9-21(19)22/h2-9,16-17,22-23,29H,10-15H2,1H3,(H,27,33)(H,30,31)/t16-,17+,23?/m1/s1. The number of carbonyl (C=O) groups is 3. The Morgan fingerprint density at radius 3 is 2.24 bits per heavy atom. The molecule has 0 aromatic heterocycles. The van der Waals surface area contributed by atoms with Crippen LogP contribution in [0.3, 0.4) is 0 Å². The van der Waals surface area contributed by atoms with Crippen LogP contribution >= 0.6 is 0 Å². The molecule has 3 atom stereocenters. The maximum Gasteiger partial charge on any atom is 0.407 e. The highest BCUT2D eigenvalue weighted by Gasteiger charge is 2.36. The zero-order chi connectivity index (χ0) is 24.2. The summed E-state index contributed by atoms with van der Waals surface area (Å²) >= 11 is 0. The Morgan fingerprint density at radius 2 is 1.68 bits per heavy atom. The number of carbonyl (C=O) groups excluding carboxylic acids is 2. The predicted molar refractivity (Wildman–Crippen MR) is 125 cm³/mol. The first-order chi connectivity index (χ1) is 16.4. The van der Waals surface area contributed by atoms with Gasteiger partial charge in [0.05, 0.1) is 0 Å². The molecule has 8 nitrogen and oxygen atoms in total. The van der Waals surface area contributed by atoms with Crippen molar-refractivity contribution in [2.45, 2.75) is 31.7 Å². The number of ether oxygens (including phenoxy) is 1. The summed E-state index contributed by atoms with van der Waals surface area (Å²) in [6.45, 7) is 2.88. The van der Waals surface area contributed by atoms with E-state index in [1.807, 2.05) is 55.5 Å². The molecule has 1 fully saturated rings. The van der Waals surface area contributed by atoms with Gasteiger partial charge >= 0.3 is 12.1 Å². The van der Waals surface area contributed by atoms with E-state index in [9.17, 15) is 19.5 Å². The summed E-state index contributed by atoms with van der Waals surface area (Å²) in [5.74, 6) is -1.41. The van der Waals surface area contributed by atoms with Gasteiger partial charge in [-0.25, -0.2) is 4.79 Å². The van der Waals surface area contributed by atoms with Gasteiger partial charge in [-0.2, -0.15) is 0 Å². The van der Waals surface area contributed by atoms with Crippen LogP contribution in [0, 0.1) is 11.8 Å². The molecule has 0 bridgehead atoms. The summed E-state index contributed by atoms with van der Waals surface area (Å²) in [7, 11) is 0. The van der Waals surface area contributed by atoms with Crippen LogP contribution < -0.4 is 5.32 Å². The number of aliphatic hydroxyl groups excluding tert-OH is 1. The fourth-order valence-electron chi connectivity index (χ4n) is 4.98. The minimum Gasteiger partial charge on any atom is -0.481 e. The molecule has 2 amide bonds. The summed E-state index contributed by atoms with van der Waals surface area (Å²) in [4.78, 5) is 38.5. The Balaban J connectivity index is 1.42. The molecule has 34 heavy (non-hydrogen) atoms. The Kier molecular flexibility index (Phi) is 7.17. The van der Waals surface area contributed by atoms with Crippen molar-refractivity contribution in [2.75, 3.05) is 26.3 Å². The molecule has 2 aromatic rings. The van der Waals surface area contributed by atoms with E-state index in [-0.39, 0.29) is 49.7 Å².